The number of halogens is 2. The number of hydrogen-bond donors (Lipinski definition) is 0. The van der Waals surface area contributed by atoms with Crippen LogP contribution >= 0.6 is 27.5 Å². The molecule has 1 aromatic heterocycles. The van der Waals surface area contributed by atoms with Gasteiger partial charge in [-0.05, 0) is 31.0 Å². The Balaban J connectivity index is 2.15. The average Bonchev–Trinajstić information content (AvgIpc) is 3.13. The van der Waals surface area contributed by atoms with Crippen LogP contribution in [0.4, 0.5) is 0 Å². The molecular weight excluding hydrogens is 316 g/mol. The van der Waals surface area contributed by atoms with Gasteiger partial charge in [-0.1, -0.05) is 33.6 Å². The van der Waals surface area contributed by atoms with Crippen molar-refractivity contribution >= 4 is 33.8 Å². The zero-order valence-corrected chi connectivity index (χ0v) is 11.8. The summed E-state index contributed by atoms with van der Waals surface area (Å²) in [6, 6.07) is 7.68. The lowest BCUT2D eigenvalue weighted by Crippen LogP contribution is -1.97. The minimum Gasteiger partial charge on any atom is -0.298 e. The highest BCUT2D eigenvalue weighted by Gasteiger charge is 2.31. The summed E-state index contributed by atoms with van der Waals surface area (Å²) in [6.07, 6.45) is 2.98. The Bertz CT molecular complexity index is 619. The molecule has 3 rings (SSSR count). The molecule has 0 N–H and O–H groups in total. The number of carbonyl (C=O) groups excluding carboxylic acids is 1. The highest BCUT2D eigenvalue weighted by atomic mass is 79.9. The lowest BCUT2D eigenvalue weighted by molar-refractivity contribution is 0.112. The van der Waals surface area contributed by atoms with Crippen LogP contribution in [0, 0.1) is 0 Å². The molecule has 1 saturated carbocycles. The first-order chi connectivity index (χ1) is 8.70. The summed E-state index contributed by atoms with van der Waals surface area (Å²) in [5, 5.41) is 4.88. The predicted octanol–water partition coefficient (Wildman–Crippen LogP) is 3.98. The van der Waals surface area contributed by atoms with E-state index < -0.39 is 0 Å². The van der Waals surface area contributed by atoms with Gasteiger partial charge in [-0.25, -0.2) is 4.68 Å². The standard InChI is InChI=1S/C13H10BrClN2O/c14-9-2-1-3-10(6-9)17-13(15)11(7-18)12(16-17)8-4-5-8/h1-3,6-8H,4-5H2. The maximum Gasteiger partial charge on any atom is 0.155 e. The quantitative estimate of drug-likeness (QED) is 0.800. The Morgan fingerprint density at radius 2 is 2.22 bits per heavy atom. The first kappa shape index (κ1) is 11.9. The Labute approximate surface area is 118 Å². The largest absolute Gasteiger partial charge is 0.298 e. The fraction of sp³-hybridized carbons (Fsp3) is 0.231. The van der Waals surface area contributed by atoms with Crippen LogP contribution in [0.3, 0.4) is 0 Å². The van der Waals surface area contributed by atoms with Gasteiger partial charge in [0.05, 0.1) is 16.9 Å². The molecule has 3 nitrogen and oxygen atoms in total. The summed E-state index contributed by atoms with van der Waals surface area (Å²) in [6.45, 7) is 0. The summed E-state index contributed by atoms with van der Waals surface area (Å²) in [7, 11) is 0. The van der Waals surface area contributed by atoms with E-state index >= 15 is 0 Å². The Hall–Kier alpha value is -1.13. The molecular formula is C13H10BrClN2O. The molecule has 0 bridgehead atoms. The van der Waals surface area contributed by atoms with Crippen molar-refractivity contribution in [3.05, 3.63) is 45.1 Å². The summed E-state index contributed by atoms with van der Waals surface area (Å²) < 4.78 is 2.58. The first-order valence-electron chi connectivity index (χ1n) is 5.70. The molecule has 1 fully saturated rings. The van der Waals surface area contributed by atoms with Crippen molar-refractivity contribution < 1.29 is 4.79 Å². The molecule has 0 aliphatic heterocycles. The van der Waals surface area contributed by atoms with E-state index in [-0.39, 0.29) is 0 Å². The van der Waals surface area contributed by atoms with Gasteiger partial charge in [-0.15, -0.1) is 0 Å². The number of hydrogen-bond acceptors (Lipinski definition) is 2. The topological polar surface area (TPSA) is 34.9 Å². The fourth-order valence-corrected chi connectivity index (χ4v) is 2.64. The van der Waals surface area contributed by atoms with Gasteiger partial charge in [0.1, 0.15) is 5.15 Å². The lowest BCUT2D eigenvalue weighted by Gasteiger charge is -2.03. The SMILES string of the molecule is O=Cc1c(C2CC2)nn(-c2cccc(Br)c2)c1Cl. The van der Waals surface area contributed by atoms with Crippen molar-refractivity contribution in [2.24, 2.45) is 0 Å². The van der Waals surface area contributed by atoms with E-state index in [0.29, 0.717) is 16.6 Å². The van der Waals surface area contributed by atoms with Gasteiger partial charge in [-0.2, -0.15) is 5.10 Å². The van der Waals surface area contributed by atoms with Crippen LogP contribution < -0.4 is 0 Å². The van der Waals surface area contributed by atoms with Crippen molar-refractivity contribution in [1.82, 2.24) is 9.78 Å². The summed E-state index contributed by atoms with van der Waals surface area (Å²) in [4.78, 5) is 11.1. The Morgan fingerprint density at radius 3 is 2.83 bits per heavy atom. The molecule has 2 aromatic rings. The Kier molecular flexibility index (Phi) is 2.99. The number of benzene rings is 1. The molecule has 0 amide bonds. The third kappa shape index (κ3) is 1.99. The number of aromatic nitrogens is 2. The van der Waals surface area contributed by atoms with E-state index in [2.05, 4.69) is 21.0 Å². The molecule has 0 atom stereocenters. The van der Waals surface area contributed by atoms with Crippen LogP contribution in [0.1, 0.15) is 34.8 Å². The van der Waals surface area contributed by atoms with Gasteiger partial charge >= 0.3 is 0 Å². The smallest absolute Gasteiger partial charge is 0.155 e. The van der Waals surface area contributed by atoms with Crippen molar-refractivity contribution in [3.63, 3.8) is 0 Å². The number of aldehydes is 1. The third-order valence-electron chi connectivity index (χ3n) is 3.03. The second kappa shape index (κ2) is 4.52. The highest BCUT2D eigenvalue weighted by molar-refractivity contribution is 9.10. The van der Waals surface area contributed by atoms with Gasteiger partial charge in [0.2, 0.25) is 0 Å². The molecule has 0 unspecified atom stereocenters. The minimum atomic E-state index is 0.394. The van der Waals surface area contributed by atoms with Crippen LogP contribution in [0.25, 0.3) is 5.69 Å². The average molecular weight is 326 g/mol. The van der Waals surface area contributed by atoms with Crippen molar-refractivity contribution in [2.45, 2.75) is 18.8 Å². The van der Waals surface area contributed by atoms with Crippen LogP contribution in [-0.2, 0) is 0 Å². The van der Waals surface area contributed by atoms with Crippen molar-refractivity contribution in [2.75, 3.05) is 0 Å². The van der Waals surface area contributed by atoms with Crippen molar-refractivity contribution in [3.8, 4) is 5.69 Å². The summed E-state index contributed by atoms with van der Waals surface area (Å²) in [5.74, 6) is 0.399. The molecule has 1 heterocycles. The van der Waals surface area contributed by atoms with E-state index in [9.17, 15) is 4.79 Å². The number of nitrogens with zero attached hydrogens (tertiary/aromatic N) is 2. The van der Waals surface area contributed by atoms with Gasteiger partial charge in [0.15, 0.2) is 6.29 Å². The molecule has 1 aliphatic carbocycles. The van der Waals surface area contributed by atoms with Gasteiger partial charge < -0.3 is 0 Å². The second-order valence-corrected chi connectivity index (χ2v) is 5.65. The van der Waals surface area contributed by atoms with E-state index in [0.717, 1.165) is 35.0 Å². The lowest BCUT2D eigenvalue weighted by atomic mass is 10.2. The van der Waals surface area contributed by atoms with E-state index in [4.69, 9.17) is 11.6 Å². The second-order valence-electron chi connectivity index (χ2n) is 4.37. The molecule has 92 valence electrons. The molecule has 0 radical (unpaired) electrons. The van der Waals surface area contributed by atoms with Gasteiger partial charge in [0, 0.05) is 10.4 Å². The van der Waals surface area contributed by atoms with E-state index in [1.165, 1.54) is 0 Å². The molecule has 18 heavy (non-hydrogen) atoms. The van der Waals surface area contributed by atoms with Crippen LogP contribution in [0.2, 0.25) is 5.15 Å². The van der Waals surface area contributed by atoms with Gasteiger partial charge in [0.25, 0.3) is 0 Å². The van der Waals surface area contributed by atoms with Crippen molar-refractivity contribution in [1.29, 1.82) is 0 Å². The third-order valence-corrected chi connectivity index (χ3v) is 3.88. The van der Waals surface area contributed by atoms with E-state index in [1.54, 1.807) is 4.68 Å². The molecule has 5 heteroatoms. The zero-order valence-electron chi connectivity index (χ0n) is 9.44. The summed E-state index contributed by atoms with van der Waals surface area (Å²) in [5.41, 5.74) is 2.21. The molecule has 0 saturated heterocycles. The molecule has 1 aliphatic rings. The maximum absolute atomic E-state index is 11.1. The normalized spacial score (nSPS) is 14.8. The van der Waals surface area contributed by atoms with Crippen LogP contribution in [0.5, 0.6) is 0 Å². The molecule has 1 aromatic carbocycles. The zero-order chi connectivity index (χ0) is 12.7. The first-order valence-corrected chi connectivity index (χ1v) is 6.87. The molecule has 0 spiro atoms. The van der Waals surface area contributed by atoms with Crippen LogP contribution in [-0.4, -0.2) is 16.1 Å². The monoisotopic (exact) mass is 324 g/mol. The minimum absolute atomic E-state index is 0.394. The number of carbonyl (C=O) groups is 1. The fourth-order valence-electron chi connectivity index (χ4n) is 1.97. The predicted molar refractivity (Wildman–Crippen MR) is 73.6 cm³/mol. The highest BCUT2D eigenvalue weighted by Crippen LogP contribution is 2.42. The maximum atomic E-state index is 11.1. The van der Waals surface area contributed by atoms with Gasteiger partial charge in [-0.3, -0.25) is 4.79 Å². The summed E-state index contributed by atoms with van der Waals surface area (Å²) >= 11 is 9.66. The number of rotatable bonds is 3. The van der Waals surface area contributed by atoms with Crippen LogP contribution in [0.15, 0.2) is 28.7 Å². The Morgan fingerprint density at radius 1 is 1.44 bits per heavy atom. The van der Waals surface area contributed by atoms with E-state index in [1.807, 2.05) is 24.3 Å².